The van der Waals surface area contributed by atoms with E-state index in [1.807, 2.05) is 42.5 Å². The number of anilines is 3. The molecule has 0 spiro atoms. The quantitative estimate of drug-likeness (QED) is 0.149. The van der Waals surface area contributed by atoms with Crippen LogP contribution in [0.5, 0.6) is 0 Å². The molecule has 8 saturated carbocycles. The Balaban J connectivity index is 0.000000123. The summed E-state index contributed by atoms with van der Waals surface area (Å²) in [7, 11) is 0. The molecule has 8 bridgehead atoms. The molecule has 356 valence electrons. The van der Waals surface area contributed by atoms with Crippen molar-refractivity contribution in [2.45, 2.75) is 87.9 Å². The van der Waals surface area contributed by atoms with Gasteiger partial charge in [0, 0.05) is 21.5 Å². The Hall–Kier alpha value is -6.16. The fourth-order valence-corrected chi connectivity index (χ4v) is 15.5. The Labute approximate surface area is 431 Å². The second kappa shape index (κ2) is 19.8. The maximum absolute atomic E-state index is 5.60. The topological polar surface area (TPSA) is 38.0 Å². The minimum atomic E-state index is 0.483. The van der Waals surface area contributed by atoms with E-state index in [0.717, 1.165) is 57.0 Å². The molecule has 0 unspecified atom stereocenters. The molecule has 8 fully saturated rings. The van der Waals surface area contributed by atoms with Gasteiger partial charge in [0.25, 0.3) is 0 Å². The van der Waals surface area contributed by atoms with Gasteiger partial charge in [0.15, 0.2) is 0 Å². The first-order valence-electron chi connectivity index (χ1n) is 26.7. The minimum Gasteiger partial charge on any atom is -0.399 e. The summed E-state index contributed by atoms with van der Waals surface area (Å²) in [6.45, 7) is 0. The Kier molecular flexibility index (Phi) is 12.8. The van der Waals surface area contributed by atoms with Crippen LogP contribution in [0.4, 0.5) is 17.1 Å². The van der Waals surface area contributed by atoms with E-state index in [9.17, 15) is 0 Å². The summed E-state index contributed by atoms with van der Waals surface area (Å²) < 4.78 is 1.14. The van der Waals surface area contributed by atoms with Gasteiger partial charge >= 0.3 is 0 Å². The minimum absolute atomic E-state index is 0.483. The first-order valence-corrected chi connectivity index (χ1v) is 27.5. The van der Waals surface area contributed by atoms with Gasteiger partial charge in [-0.05, 0) is 228 Å². The number of benzene rings is 8. The monoisotopic (exact) mass is 990 g/mol. The van der Waals surface area contributed by atoms with Gasteiger partial charge in [-0.15, -0.1) is 0 Å². The van der Waals surface area contributed by atoms with Crippen molar-refractivity contribution in [1.29, 1.82) is 0 Å². The molecule has 8 aromatic carbocycles. The molecule has 0 aliphatic heterocycles. The molecule has 0 saturated heterocycles. The van der Waals surface area contributed by atoms with E-state index in [-0.39, 0.29) is 0 Å². The Morgan fingerprint density at radius 1 is 0.310 bits per heavy atom. The predicted molar refractivity (Wildman–Crippen MR) is 303 cm³/mol. The standard InChI is InChI=1S/C34H33N.C22H23Br.C12H11N/c1-2-4-27(5-3-1)29-8-14-32(15-9-29)35-33-16-10-30(11-17-33)28-6-12-31(13-7-28)34-21-24-18-25(22-34)20-26(19-24)23-34;23-21-7-3-19(4-8-21)18-1-5-20(6-2-18)22-12-15-9-16(13-22)11-17(10-15)14-22;13-12-8-6-11(7-9-12)10-4-2-1-3-5-10/h1-17,24-26,35H,18-23H2;1-8,15-17H,9-14H2;1-9H,13H2. The zero-order valence-corrected chi connectivity index (χ0v) is 42.6. The summed E-state index contributed by atoms with van der Waals surface area (Å²) in [6, 6.07) is 74.0. The van der Waals surface area contributed by atoms with E-state index in [0.29, 0.717) is 10.8 Å². The molecule has 71 heavy (non-hydrogen) atoms. The summed E-state index contributed by atoms with van der Waals surface area (Å²) in [4.78, 5) is 0. The predicted octanol–water partition coefficient (Wildman–Crippen LogP) is 18.8. The maximum Gasteiger partial charge on any atom is 0.0384 e. The highest BCUT2D eigenvalue weighted by molar-refractivity contribution is 9.10. The van der Waals surface area contributed by atoms with Crippen molar-refractivity contribution in [2.24, 2.45) is 35.5 Å². The van der Waals surface area contributed by atoms with Gasteiger partial charge in [-0.3, -0.25) is 0 Å². The molecule has 8 aliphatic rings. The molecule has 0 heterocycles. The highest BCUT2D eigenvalue weighted by Gasteiger charge is 2.52. The van der Waals surface area contributed by atoms with Crippen LogP contribution in [-0.2, 0) is 10.8 Å². The molecule has 8 aromatic rings. The van der Waals surface area contributed by atoms with Gasteiger partial charge in [0.2, 0.25) is 0 Å². The third-order valence-electron chi connectivity index (χ3n) is 17.8. The fourth-order valence-electron chi connectivity index (χ4n) is 15.2. The van der Waals surface area contributed by atoms with E-state index >= 15 is 0 Å². The number of hydrogen-bond donors (Lipinski definition) is 2. The number of nitrogens with two attached hydrogens (primary N) is 1. The van der Waals surface area contributed by atoms with E-state index in [1.165, 1.54) is 122 Å². The van der Waals surface area contributed by atoms with Gasteiger partial charge in [-0.25, -0.2) is 0 Å². The second-order valence-corrected chi connectivity index (χ2v) is 23.6. The third-order valence-corrected chi connectivity index (χ3v) is 18.3. The van der Waals surface area contributed by atoms with Crippen LogP contribution in [0.1, 0.15) is 88.2 Å². The Morgan fingerprint density at radius 3 is 0.873 bits per heavy atom. The smallest absolute Gasteiger partial charge is 0.0384 e. The van der Waals surface area contributed by atoms with Gasteiger partial charge < -0.3 is 11.1 Å². The molecule has 8 aliphatic carbocycles. The molecule has 0 atom stereocenters. The molecular weight excluding hydrogens is 925 g/mol. The lowest BCUT2D eigenvalue weighted by Gasteiger charge is -2.57. The van der Waals surface area contributed by atoms with Crippen molar-refractivity contribution in [1.82, 2.24) is 0 Å². The van der Waals surface area contributed by atoms with Crippen molar-refractivity contribution in [3.05, 3.63) is 222 Å². The molecule has 16 rings (SSSR count). The van der Waals surface area contributed by atoms with Crippen LogP contribution < -0.4 is 11.1 Å². The number of nitrogen functional groups attached to an aromatic ring is 1. The van der Waals surface area contributed by atoms with Crippen LogP contribution in [0, 0.1) is 35.5 Å². The van der Waals surface area contributed by atoms with Crippen LogP contribution in [0.25, 0.3) is 44.5 Å². The lowest BCUT2D eigenvalue weighted by Crippen LogP contribution is -2.48. The molecular formula is C68H67BrN2. The third kappa shape index (κ3) is 10.1. The largest absolute Gasteiger partial charge is 0.399 e. The highest BCUT2D eigenvalue weighted by Crippen LogP contribution is 2.62. The van der Waals surface area contributed by atoms with Crippen molar-refractivity contribution >= 4 is 33.0 Å². The summed E-state index contributed by atoms with van der Waals surface area (Å²) in [6.07, 6.45) is 17.8. The average Bonchev–Trinajstić information content (AvgIpc) is 3.40. The van der Waals surface area contributed by atoms with Crippen LogP contribution in [-0.4, -0.2) is 0 Å². The molecule has 0 radical (unpaired) electrons. The number of hydrogen-bond acceptors (Lipinski definition) is 2. The molecule has 3 heteroatoms. The lowest BCUT2D eigenvalue weighted by molar-refractivity contribution is -0.00530. The summed E-state index contributed by atoms with van der Waals surface area (Å²) >= 11 is 3.52. The van der Waals surface area contributed by atoms with Crippen molar-refractivity contribution in [3.63, 3.8) is 0 Å². The summed E-state index contributed by atoms with van der Waals surface area (Å²) in [5.74, 6) is 6.05. The first-order chi connectivity index (χ1) is 34.8. The first kappa shape index (κ1) is 45.9. The Morgan fingerprint density at radius 2 is 0.563 bits per heavy atom. The summed E-state index contributed by atoms with van der Waals surface area (Å²) in [5.41, 5.74) is 23.0. The van der Waals surface area contributed by atoms with Crippen LogP contribution in [0.3, 0.4) is 0 Å². The number of halogens is 1. The van der Waals surface area contributed by atoms with Crippen LogP contribution in [0.2, 0.25) is 0 Å². The lowest BCUT2D eigenvalue weighted by atomic mass is 9.48. The van der Waals surface area contributed by atoms with Crippen molar-refractivity contribution in [3.8, 4) is 44.5 Å². The van der Waals surface area contributed by atoms with E-state index in [1.54, 1.807) is 11.1 Å². The maximum atomic E-state index is 5.60. The second-order valence-electron chi connectivity index (χ2n) is 22.7. The zero-order valence-electron chi connectivity index (χ0n) is 41.0. The van der Waals surface area contributed by atoms with Crippen LogP contribution >= 0.6 is 15.9 Å². The number of nitrogens with one attached hydrogen (secondary N) is 1. The summed E-state index contributed by atoms with van der Waals surface area (Å²) in [5, 5.41) is 3.54. The average molecular weight is 992 g/mol. The number of rotatable bonds is 8. The highest BCUT2D eigenvalue weighted by atomic mass is 79.9. The zero-order chi connectivity index (χ0) is 47.8. The molecule has 0 aromatic heterocycles. The van der Waals surface area contributed by atoms with Gasteiger partial charge in [0.05, 0.1) is 0 Å². The van der Waals surface area contributed by atoms with E-state index in [2.05, 4.69) is 185 Å². The van der Waals surface area contributed by atoms with Crippen molar-refractivity contribution < 1.29 is 0 Å². The van der Waals surface area contributed by atoms with Crippen LogP contribution in [0.15, 0.2) is 211 Å². The normalized spacial score (nSPS) is 26.2. The van der Waals surface area contributed by atoms with Gasteiger partial charge in [-0.1, -0.05) is 174 Å². The molecule has 2 nitrogen and oxygen atoms in total. The van der Waals surface area contributed by atoms with Crippen molar-refractivity contribution in [2.75, 3.05) is 11.1 Å². The van der Waals surface area contributed by atoms with Gasteiger partial charge in [-0.2, -0.15) is 0 Å². The van der Waals surface area contributed by atoms with Gasteiger partial charge in [0.1, 0.15) is 0 Å². The Bertz CT molecular complexity index is 2940. The SMILES string of the molecule is Brc1ccc(-c2ccc(C34CC5CC(CC(C5)C3)C4)cc2)cc1.Nc1ccc(-c2ccccc2)cc1.c1ccc(-c2ccc(Nc3ccc(-c4ccc(C56CC7CC(CC(C7)C5)C6)cc4)cc3)cc2)cc1. The molecule has 0 amide bonds. The molecule has 3 N–H and O–H groups in total. The fraction of sp³-hybridized carbons (Fsp3) is 0.294. The van der Waals surface area contributed by atoms with E-state index in [4.69, 9.17) is 5.73 Å². The van der Waals surface area contributed by atoms with E-state index < -0.39 is 0 Å².